The molecule has 7 heteroatoms. The number of nitriles is 1. The van der Waals surface area contributed by atoms with Crippen molar-refractivity contribution < 1.29 is 9.53 Å². The maximum atomic E-state index is 12.1. The molecule has 0 aromatic heterocycles. The van der Waals surface area contributed by atoms with Gasteiger partial charge in [0.05, 0.1) is 23.3 Å². The Kier molecular flexibility index (Phi) is 7.54. The number of hydrogen-bond acceptors (Lipinski definition) is 4. The van der Waals surface area contributed by atoms with Crippen LogP contribution in [0.2, 0.25) is 10.0 Å². The van der Waals surface area contributed by atoms with E-state index in [9.17, 15) is 10.1 Å². The molecule has 0 aliphatic carbocycles. The molecule has 5 nitrogen and oxygen atoms in total. The SMILES string of the molecule is N#CC(=Cc1ccc(Cl)c(Cl)c1)C(=O)NCCCN1CCOCC1. The highest BCUT2D eigenvalue weighted by Crippen LogP contribution is 2.23. The monoisotopic (exact) mass is 367 g/mol. The van der Waals surface area contributed by atoms with E-state index in [1.807, 2.05) is 6.07 Å². The lowest BCUT2D eigenvalue weighted by Gasteiger charge is -2.26. The van der Waals surface area contributed by atoms with Crippen molar-refractivity contribution in [1.82, 2.24) is 10.2 Å². The number of nitrogens with zero attached hydrogens (tertiary/aromatic N) is 2. The average molecular weight is 368 g/mol. The first-order chi connectivity index (χ1) is 11.6. The number of carbonyl (C=O) groups excluding carboxylic acids is 1. The zero-order valence-electron chi connectivity index (χ0n) is 13.2. The molecule has 1 aliphatic rings. The van der Waals surface area contributed by atoms with E-state index < -0.39 is 0 Å². The summed E-state index contributed by atoms with van der Waals surface area (Å²) >= 11 is 11.8. The highest BCUT2D eigenvalue weighted by Gasteiger charge is 2.11. The molecule has 1 aromatic rings. The number of halogens is 2. The summed E-state index contributed by atoms with van der Waals surface area (Å²) < 4.78 is 5.29. The van der Waals surface area contributed by atoms with Gasteiger partial charge < -0.3 is 10.1 Å². The summed E-state index contributed by atoms with van der Waals surface area (Å²) in [5.74, 6) is -0.384. The summed E-state index contributed by atoms with van der Waals surface area (Å²) in [7, 11) is 0. The Balaban J connectivity index is 1.83. The van der Waals surface area contributed by atoms with E-state index in [0.29, 0.717) is 22.2 Å². The van der Waals surface area contributed by atoms with Crippen LogP contribution in [0.1, 0.15) is 12.0 Å². The van der Waals surface area contributed by atoms with Gasteiger partial charge in [-0.1, -0.05) is 29.3 Å². The van der Waals surface area contributed by atoms with Crippen LogP contribution in [0.5, 0.6) is 0 Å². The number of morpholine rings is 1. The van der Waals surface area contributed by atoms with Crippen LogP contribution in [0.3, 0.4) is 0 Å². The van der Waals surface area contributed by atoms with Crippen molar-refractivity contribution in [3.05, 3.63) is 39.4 Å². The molecule has 0 unspecified atom stereocenters. The largest absolute Gasteiger partial charge is 0.379 e. The fourth-order valence-electron chi connectivity index (χ4n) is 2.34. The van der Waals surface area contributed by atoms with Crippen molar-refractivity contribution in [2.24, 2.45) is 0 Å². The molecule has 1 aliphatic heterocycles. The van der Waals surface area contributed by atoms with E-state index in [1.54, 1.807) is 18.2 Å². The minimum Gasteiger partial charge on any atom is -0.379 e. The third-order valence-electron chi connectivity index (χ3n) is 3.66. The van der Waals surface area contributed by atoms with Crippen molar-refractivity contribution in [3.63, 3.8) is 0 Å². The van der Waals surface area contributed by atoms with Crippen LogP contribution < -0.4 is 5.32 Å². The van der Waals surface area contributed by atoms with Gasteiger partial charge in [0.1, 0.15) is 11.6 Å². The summed E-state index contributed by atoms with van der Waals surface area (Å²) in [6.07, 6.45) is 2.33. The lowest BCUT2D eigenvalue weighted by atomic mass is 10.1. The Bertz CT molecular complexity index is 650. The second kappa shape index (κ2) is 9.65. The van der Waals surface area contributed by atoms with E-state index in [-0.39, 0.29) is 11.5 Å². The van der Waals surface area contributed by atoms with Crippen molar-refractivity contribution in [1.29, 1.82) is 5.26 Å². The molecule has 0 atom stereocenters. The van der Waals surface area contributed by atoms with Gasteiger partial charge in [-0.25, -0.2) is 0 Å². The molecule has 1 heterocycles. The highest BCUT2D eigenvalue weighted by atomic mass is 35.5. The Hall–Kier alpha value is -1.58. The number of amides is 1. The molecule has 24 heavy (non-hydrogen) atoms. The third kappa shape index (κ3) is 5.81. The smallest absolute Gasteiger partial charge is 0.261 e. The summed E-state index contributed by atoms with van der Waals surface area (Å²) in [6.45, 7) is 4.80. The molecule has 1 N–H and O–H groups in total. The van der Waals surface area contributed by atoms with E-state index in [1.165, 1.54) is 6.08 Å². The van der Waals surface area contributed by atoms with Gasteiger partial charge in [0.15, 0.2) is 0 Å². The first-order valence-electron chi connectivity index (χ1n) is 7.75. The topological polar surface area (TPSA) is 65.4 Å². The standard InChI is InChI=1S/C17H19Cl2N3O2/c18-15-3-2-13(11-16(15)19)10-14(12-20)17(23)21-4-1-5-22-6-8-24-9-7-22/h2-3,10-11H,1,4-9H2,(H,21,23). The lowest BCUT2D eigenvalue weighted by Crippen LogP contribution is -2.38. The Morgan fingerprint density at radius 1 is 1.33 bits per heavy atom. The van der Waals surface area contributed by atoms with Crippen LogP contribution in [-0.4, -0.2) is 50.2 Å². The highest BCUT2D eigenvalue weighted by molar-refractivity contribution is 6.42. The molecule has 0 radical (unpaired) electrons. The Morgan fingerprint density at radius 3 is 2.75 bits per heavy atom. The van der Waals surface area contributed by atoms with Gasteiger partial charge in [-0.05, 0) is 36.7 Å². The quantitative estimate of drug-likeness (QED) is 0.476. The first kappa shape index (κ1) is 18.8. The number of hydrogen-bond donors (Lipinski definition) is 1. The van der Waals surface area contributed by atoms with Crippen molar-refractivity contribution in [3.8, 4) is 6.07 Å². The van der Waals surface area contributed by atoms with Crippen LogP contribution in [0.15, 0.2) is 23.8 Å². The average Bonchev–Trinajstić information content (AvgIpc) is 2.60. The minimum atomic E-state index is -0.384. The predicted octanol–water partition coefficient (Wildman–Crippen LogP) is 2.74. The van der Waals surface area contributed by atoms with E-state index in [0.717, 1.165) is 39.3 Å². The molecule has 1 fully saturated rings. The van der Waals surface area contributed by atoms with Gasteiger partial charge >= 0.3 is 0 Å². The molecule has 1 aromatic carbocycles. The van der Waals surface area contributed by atoms with E-state index in [4.69, 9.17) is 27.9 Å². The lowest BCUT2D eigenvalue weighted by molar-refractivity contribution is -0.117. The number of carbonyl (C=O) groups is 1. The molecular formula is C17H19Cl2N3O2. The molecule has 128 valence electrons. The number of benzene rings is 1. The van der Waals surface area contributed by atoms with Crippen LogP contribution in [0.4, 0.5) is 0 Å². The number of ether oxygens (including phenoxy) is 1. The molecule has 1 saturated heterocycles. The van der Waals surface area contributed by atoms with Crippen molar-refractivity contribution >= 4 is 35.2 Å². The van der Waals surface area contributed by atoms with Crippen LogP contribution >= 0.6 is 23.2 Å². The number of nitrogens with one attached hydrogen (secondary N) is 1. The van der Waals surface area contributed by atoms with Gasteiger partial charge in [0, 0.05) is 19.6 Å². The fraction of sp³-hybridized carbons (Fsp3) is 0.412. The van der Waals surface area contributed by atoms with E-state index in [2.05, 4.69) is 10.2 Å². The summed E-state index contributed by atoms with van der Waals surface area (Å²) in [4.78, 5) is 14.4. The van der Waals surface area contributed by atoms with Crippen LogP contribution in [0.25, 0.3) is 6.08 Å². The fourth-order valence-corrected chi connectivity index (χ4v) is 2.65. The zero-order chi connectivity index (χ0) is 17.4. The second-order valence-electron chi connectivity index (χ2n) is 5.41. The molecular weight excluding hydrogens is 349 g/mol. The first-order valence-corrected chi connectivity index (χ1v) is 8.51. The predicted molar refractivity (Wildman–Crippen MR) is 94.9 cm³/mol. The minimum absolute atomic E-state index is 0.0414. The van der Waals surface area contributed by atoms with Crippen molar-refractivity contribution in [2.75, 3.05) is 39.4 Å². The van der Waals surface area contributed by atoms with Crippen LogP contribution in [0, 0.1) is 11.3 Å². The second-order valence-corrected chi connectivity index (χ2v) is 6.22. The molecule has 1 amide bonds. The maximum absolute atomic E-state index is 12.1. The van der Waals surface area contributed by atoms with Gasteiger partial charge in [-0.15, -0.1) is 0 Å². The Labute approximate surface area is 151 Å². The van der Waals surface area contributed by atoms with Gasteiger partial charge in [-0.2, -0.15) is 5.26 Å². The van der Waals surface area contributed by atoms with Gasteiger partial charge in [0.2, 0.25) is 0 Å². The molecule has 2 rings (SSSR count). The number of rotatable bonds is 6. The van der Waals surface area contributed by atoms with Crippen LogP contribution in [-0.2, 0) is 9.53 Å². The molecule has 0 bridgehead atoms. The Morgan fingerprint density at radius 2 is 2.08 bits per heavy atom. The molecule has 0 saturated carbocycles. The van der Waals surface area contributed by atoms with Crippen molar-refractivity contribution in [2.45, 2.75) is 6.42 Å². The normalized spacial score (nSPS) is 15.8. The van der Waals surface area contributed by atoms with Gasteiger partial charge in [0.25, 0.3) is 5.91 Å². The summed E-state index contributed by atoms with van der Waals surface area (Å²) in [5, 5.41) is 12.8. The maximum Gasteiger partial charge on any atom is 0.261 e. The summed E-state index contributed by atoms with van der Waals surface area (Å²) in [6, 6.07) is 6.87. The van der Waals surface area contributed by atoms with Gasteiger partial charge in [-0.3, -0.25) is 9.69 Å². The molecule has 0 spiro atoms. The van der Waals surface area contributed by atoms with E-state index >= 15 is 0 Å². The third-order valence-corrected chi connectivity index (χ3v) is 4.40. The zero-order valence-corrected chi connectivity index (χ0v) is 14.7. The summed E-state index contributed by atoms with van der Waals surface area (Å²) in [5.41, 5.74) is 0.698.